The molecule has 18 heavy (non-hydrogen) atoms. The summed E-state index contributed by atoms with van der Waals surface area (Å²) in [6.45, 7) is 0. The first-order valence-electron chi connectivity index (χ1n) is 4.83. The number of aromatic nitrogens is 1. The number of rotatable bonds is 3. The Labute approximate surface area is 106 Å². The Balaban J connectivity index is 2.11. The van der Waals surface area contributed by atoms with E-state index in [1.165, 1.54) is 0 Å². The number of carboxylic acids is 1. The first kappa shape index (κ1) is 12.1. The minimum Gasteiger partial charge on any atom is -0.475 e. The van der Waals surface area contributed by atoms with Crippen molar-refractivity contribution in [3.8, 4) is 0 Å². The summed E-state index contributed by atoms with van der Waals surface area (Å²) < 4.78 is 4.47. The average Bonchev–Trinajstić information content (AvgIpc) is 2.81. The molecule has 92 valence electrons. The fraction of sp³-hybridized carbons (Fsp3) is 0. The number of anilines is 1. The highest BCUT2D eigenvalue weighted by Crippen LogP contribution is 2.14. The summed E-state index contributed by atoms with van der Waals surface area (Å²) in [6, 6.07) is 7.50. The fourth-order valence-electron chi connectivity index (χ4n) is 1.21. The van der Waals surface area contributed by atoms with Gasteiger partial charge in [0.1, 0.15) is 0 Å². The Morgan fingerprint density at radius 3 is 2.50 bits per heavy atom. The number of amides is 1. The Morgan fingerprint density at radius 2 is 1.94 bits per heavy atom. The number of nitrogens with one attached hydrogen (secondary N) is 1. The average molecular weight is 267 g/mol. The molecule has 1 amide bonds. The molecule has 0 radical (unpaired) electrons. The third kappa shape index (κ3) is 2.67. The SMILES string of the molecule is O=C(Nc1ccc(Cl)cc1)c1cc(C(=O)O)on1. The van der Waals surface area contributed by atoms with Crippen molar-refractivity contribution >= 4 is 29.2 Å². The molecule has 0 spiro atoms. The molecule has 2 aromatic rings. The lowest BCUT2D eigenvalue weighted by atomic mass is 10.3. The topological polar surface area (TPSA) is 92.4 Å². The molecule has 1 aromatic carbocycles. The van der Waals surface area contributed by atoms with Crippen LogP contribution in [0, 0.1) is 0 Å². The van der Waals surface area contributed by atoms with E-state index < -0.39 is 17.6 Å². The zero-order chi connectivity index (χ0) is 13.1. The summed E-state index contributed by atoms with van der Waals surface area (Å²) in [6.07, 6.45) is 0. The van der Waals surface area contributed by atoms with Crippen molar-refractivity contribution in [3.05, 3.63) is 46.8 Å². The summed E-state index contributed by atoms with van der Waals surface area (Å²) >= 11 is 5.70. The lowest BCUT2D eigenvalue weighted by Crippen LogP contribution is -2.12. The Morgan fingerprint density at radius 1 is 1.28 bits per heavy atom. The summed E-state index contributed by atoms with van der Waals surface area (Å²) in [7, 11) is 0. The molecule has 0 saturated carbocycles. The molecule has 6 nitrogen and oxygen atoms in total. The Hall–Kier alpha value is -2.34. The third-order valence-electron chi connectivity index (χ3n) is 2.06. The van der Waals surface area contributed by atoms with Crippen LogP contribution in [-0.2, 0) is 0 Å². The molecule has 0 aliphatic rings. The van der Waals surface area contributed by atoms with Gasteiger partial charge >= 0.3 is 5.97 Å². The predicted octanol–water partition coefficient (Wildman–Crippen LogP) is 2.28. The second-order valence-corrected chi connectivity index (χ2v) is 3.78. The van der Waals surface area contributed by atoms with Crippen LogP contribution in [0.2, 0.25) is 5.02 Å². The molecule has 2 rings (SSSR count). The summed E-state index contributed by atoms with van der Waals surface area (Å²) in [5, 5.41) is 15.0. The van der Waals surface area contributed by atoms with Crippen molar-refractivity contribution in [1.29, 1.82) is 0 Å². The van der Waals surface area contributed by atoms with Crippen molar-refractivity contribution in [2.24, 2.45) is 0 Å². The summed E-state index contributed by atoms with van der Waals surface area (Å²) in [5.41, 5.74) is 0.409. The van der Waals surface area contributed by atoms with Crippen LogP contribution in [-0.4, -0.2) is 22.1 Å². The van der Waals surface area contributed by atoms with Crippen molar-refractivity contribution in [2.45, 2.75) is 0 Å². The first-order valence-corrected chi connectivity index (χ1v) is 5.21. The fourth-order valence-corrected chi connectivity index (χ4v) is 1.34. The van der Waals surface area contributed by atoms with E-state index in [1.807, 2.05) is 0 Å². The third-order valence-corrected chi connectivity index (χ3v) is 2.31. The van der Waals surface area contributed by atoms with Gasteiger partial charge in [0.25, 0.3) is 5.91 Å². The lowest BCUT2D eigenvalue weighted by molar-refractivity contribution is 0.0651. The Bertz CT molecular complexity index is 591. The van der Waals surface area contributed by atoms with Crippen LogP contribution < -0.4 is 5.32 Å². The van der Waals surface area contributed by atoms with Crippen LogP contribution in [0.5, 0.6) is 0 Å². The van der Waals surface area contributed by atoms with E-state index >= 15 is 0 Å². The van der Waals surface area contributed by atoms with E-state index in [1.54, 1.807) is 24.3 Å². The molecule has 0 fully saturated rings. The maximum absolute atomic E-state index is 11.7. The number of hydrogen-bond donors (Lipinski definition) is 2. The van der Waals surface area contributed by atoms with E-state index in [0.717, 1.165) is 6.07 Å². The number of aromatic carboxylic acids is 1. The number of benzene rings is 1. The quantitative estimate of drug-likeness (QED) is 0.889. The van der Waals surface area contributed by atoms with Gasteiger partial charge in [-0.05, 0) is 24.3 Å². The molecule has 2 N–H and O–H groups in total. The largest absolute Gasteiger partial charge is 0.475 e. The lowest BCUT2D eigenvalue weighted by Gasteiger charge is -2.01. The minimum atomic E-state index is -1.28. The number of hydrogen-bond acceptors (Lipinski definition) is 4. The predicted molar refractivity (Wildman–Crippen MR) is 62.9 cm³/mol. The Kier molecular flexibility index (Phi) is 3.29. The maximum Gasteiger partial charge on any atom is 0.374 e. The number of carboxylic acid groups (broad SMARTS) is 1. The van der Waals surface area contributed by atoms with Crippen LogP contribution in [0.3, 0.4) is 0 Å². The van der Waals surface area contributed by atoms with E-state index in [9.17, 15) is 9.59 Å². The van der Waals surface area contributed by atoms with Gasteiger partial charge < -0.3 is 14.9 Å². The monoisotopic (exact) mass is 266 g/mol. The normalized spacial score (nSPS) is 10.1. The van der Waals surface area contributed by atoms with Gasteiger partial charge in [0.2, 0.25) is 5.76 Å². The van der Waals surface area contributed by atoms with Gasteiger partial charge in [-0.2, -0.15) is 0 Å². The molecule has 0 bridgehead atoms. The van der Waals surface area contributed by atoms with E-state index in [2.05, 4.69) is 15.0 Å². The molecule has 1 aromatic heterocycles. The molecule has 0 unspecified atom stereocenters. The van der Waals surface area contributed by atoms with Crippen molar-refractivity contribution in [3.63, 3.8) is 0 Å². The molecular weight excluding hydrogens is 260 g/mol. The summed E-state index contributed by atoms with van der Waals surface area (Å²) in [4.78, 5) is 22.2. The van der Waals surface area contributed by atoms with Gasteiger partial charge in [-0.25, -0.2) is 4.79 Å². The smallest absolute Gasteiger partial charge is 0.374 e. The highest BCUT2D eigenvalue weighted by Gasteiger charge is 2.16. The number of carbonyl (C=O) groups is 2. The van der Waals surface area contributed by atoms with Crippen molar-refractivity contribution in [1.82, 2.24) is 5.16 Å². The number of carbonyl (C=O) groups excluding carboxylic acids is 1. The van der Waals surface area contributed by atoms with Crippen LogP contribution in [0.25, 0.3) is 0 Å². The second-order valence-electron chi connectivity index (χ2n) is 3.34. The molecule has 0 aliphatic heterocycles. The van der Waals surface area contributed by atoms with Gasteiger partial charge in [-0.1, -0.05) is 16.8 Å². The standard InChI is InChI=1S/C11H7ClN2O4/c12-6-1-3-7(4-2-6)13-10(15)8-5-9(11(16)17)18-14-8/h1-5H,(H,13,15)(H,16,17). The molecule has 0 aliphatic carbocycles. The van der Waals surface area contributed by atoms with Gasteiger partial charge in [0.05, 0.1) is 0 Å². The van der Waals surface area contributed by atoms with Gasteiger partial charge in [-0.3, -0.25) is 4.79 Å². The molecular formula is C11H7ClN2O4. The first-order chi connectivity index (χ1) is 8.56. The number of nitrogens with zero attached hydrogens (tertiary/aromatic N) is 1. The molecule has 0 saturated heterocycles. The van der Waals surface area contributed by atoms with Crippen LogP contribution >= 0.6 is 11.6 Å². The van der Waals surface area contributed by atoms with Crippen LogP contribution in [0.15, 0.2) is 34.9 Å². The minimum absolute atomic E-state index is 0.109. The van der Waals surface area contributed by atoms with E-state index in [4.69, 9.17) is 16.7 Å². The molecule has 1 heterocycles. The zero-order valence-electron chi connectivity index (χ0n) is 8.88. The highest BCUT2D eigenvalue weighted by molar-refractivity contribution is 6.30. The van der Waals surface area contributed by atoms with Gasteiger partial charge in [0, 0.05) is 16.8 Å². The zero-order valence-corrected chi connectivity index (χ0v) is 9.64. The van der Waals surface area contributed by atoms with Gasteiger partial charge in [-0.15, -0.1) is 0 Å². The van der Waals surface area contributed by atoms with Crippen molar-refractivity contribution in [2.75, 3.05) is 5.32 Å². The van der Waals surface area contributed by atoms with Crippen LogP contribution in [0.1, 0.15) is 21.0 Å². The highest BCUT2D eigenvalue weighted by atomic mass is 35.5. The molecule has 7 heteroatoms. The number of halogens is 1. The molecule has 0 atom stereocenters. The van der Waals surface area contributed by atoms with Gasteiger partial charge in [0.15, 0.2) is 5.69 Å². The van der Waals surface area contributed by atoms with E-state index in [-0.39, 0.29) is 5.69 Å². The van der Waals surface area contributed by atoms with Crippen molar-refractivity contribution < 1.29 is 19.2 Å². The summed E-state index contributed by atoms with van der Waals surface area (Å²) in [5.74, 6) is -2.24. The van der Waals surface area contributed by atoms with Crippen LogP contribution in [0.4, 0.5) is 5.69 Å². The maximum atomic E-state index is 11.7. The van der Waals surface area contributed by atoms with E-state index in [0.29, 0.717) is 10.7 Å². The second kappa shape index (κ2) is 4.89.